The molecular weight excluding hydrogens is 453 g/mol. The van der Waals surface area contributed by atoms with E-state index in [0.29, 0.717) is 0 Å². The maximum Gasteiger partial charge on any atom is 0.495 e. The molecule has 0 atom stereocenters. The van der Waals surface area contributed by atoms with Crippen molar-refractivity contribution >= 4 is 34.4 Å². The Morgan fingerprint density at radius 1 is 0.676 bits per heavy atom. The molecule has 0 amide bonds. The number of rotatable bonds is 1. The summed E-state index contributed by atoms with van der Waals surface area (Å²) < 4.78 is 15.9. The van der Waals surface area contributed by atoms with Gasteiger partial charge in [-0.25, -0.2) is 0 Å². The van der Waals surface area contributed by atoms with Crippen LogP contribution in [0, 0.1) is 0 Å². The Kier molecular flexibility index (Phi) is 3.85. The van der Waals surface area contributed by atoms with Crippen molar-refractivity contribution in [1.82, 2.24) is 4.57 Å². The van der Waals surface area contributed by atoms with E-state index in [9.17, 15) is 0 Å². The van der Waals surface area contributed by atoms with Gasteiger partial charge in [-0.15, -0.1) is 0 Å². The van der Waals surface area contributed by atoms with Crippen molar-refractivity contribution in [3.63, 3.8) is 0 Å². The zero-order chi connectivity index (χ0) is 25.5. The number of aromatic nitrogens is 1. The normalized spacial score (nSPS) is 19.5. The maximum atomic E-state index is 6.71. The molecule has 0 unspecified atom stereocenters. The van der Waals surface area contributed by atoms with Crippen LogP contribution in [0.3, 0.4) is 0 Å². The lowest BCUT2D eigenvalue weighted by atomic mass is 9.68. The summed E-state index contributed by atoms with van der Waals surface area (Å²) in [6.45, 7) is 13.3. The van der Waals surface area contributed by atoms with Crippen molar-refractivity contribution < 1.29 is 9.31 Å². The lowest BCUT2D eigenvalue weighted by Gasteiger charge is -2.32. The zero-order valence-electron chi connectivity index (χ0n) is 22.3. The van der Waals surface area contributed by atoms with Crippen molar-refractivity contribution in [3.05, 3.63) is 83.9 Å². The van der Waals surface area contributed by atoms with E-state index in [1.807, 2.05) is 0 Å². The number of hydrogen-bond donors (Lipinski definition) is 0. The van der Waals surface area contributed by atoms with E-state index in [-0.39, 0.29) is 5.41 Å². The minimum atomic E-state index is -0.426. The highest BCUT2D eigenvalue weighted by molar-refractivity contribution is 6.63. The molecule has 4 heteroatoms. The molecule has 37 heavy (non-hydrogen) atoms. The smallest absolute Gasteiger partial charge is 0.399 e. The summed E-state index contributed by atoms with van der Waals surface area (Å²) in [5.74, 6) is 0. The Labute approximate surface area is 218 Å². The van der Waals surface area contributed by atoms with Crippen LogP contribution < -0.4 is 5.46 Å². The van der Waals surface area contributed by atoms with Gasteiger partial charge in [0.25, 0.3) is 0 Å². The first kappa shape index (κ1) is 21.7. The summed E-state index contributed by atoms with van der Waals surface area (Å²) in [5.41, 5.74) is 11.9. The van der Waals surface area contributed by atoms with Gasteiger partial charge in [0.2, 0.25) is 0 Å². The van der Waals surface area contributed by atoms with Gasteiger partial charge >= 0.3 is 7.12 Å². The van der Waals surface area contributed by atoms with Gasteiger partial charge < -0.3 is 13.9 Å². The van der Waals surface area contributed by atoms with E-state index in [0.717, 1.165) is 5.46 Å². The van der Waals surface area contributed by atoms with Crippen molar-refractivity contribution in [3.8, 4) is 27.9 Å². The number of benzene rings is 4. The summed E-state index contributed by atoms with van der Waals surface area (Å²) in [7, 11) is -0.426. The SMILES string of the molecule is CC1(C)c2cccc3c2-c2c1c(B1OC(C)(C)C(C)(C)O1)cc1c4ccccc4n(c21)-c1ccccc1-3. The van der Waals surface area contributed by atoms with Crippen LogP contribution >= 0.6 is 0 Å². The number of hydrogen-bond acceptors (Lipinski definition) is 2. The largest absolute Gasteiger partial charge is 0.495 e. The van der Waals surface area contributed by atoms with E-state index in [4.69, 9.17) is 9.31 Å². The lowest BCUT2D eigenvalue weighted by molar-refractivity contribution is 0.00578. The third kappa shape index (κ3) is 2.46. The van der Waals surface area contributed by atoms with Crippen molar-refractivity contribution in [2.45, 2.75) is 58.2 Å². The Morgan fingerprint density at radius 3 is 2.14 bits per heavy atom. The molecule has 3 nitrogen and oxygen atoms in total. The van der Waals surface area contributed by atoms with Gasteiger partial charge in [0.15, 0.2) is 0 Å². The molecule has 2 aliphatic heterocycles. The zero-order valence-corrected chi connectivity index (χ0v) is 22.3. The molecule has 1 aromatic heterocycles. The summed E-state index contributed by atoms with van der Waals surface area (Å²) in [5, 5.41) is 2.52. The topological polar surface area (TPSA) is 23.4 Å². The van der Waals surface area contributed by atoms with Crippen LogP contribution in [0.25, 0.3) is 49.7 Å². The van der Waals surface area contributed by atoms with Crippen LogP contribution in [0.15, 0.2) is 72.8 Å². The fraction of sp³-hybridized carbons (Fsp3) is 0.273. The third-order valence-corrected chi connectivity index (χ3v) is 9.54. The van der Waals surface area contributed by atoms with Crippen molar-refractivity contribution in [1.29, 1.82) is 0 Å². The average Bonchev–Trinajstić information content (AvgIpc) is 3.36. The fourth-order valence-electron chi connectivity index (χ4n) is 7.07. The molecule has 1 saturated heterocycles. The van der Waals surface area contributed by atoms with Gasteiger partial charge in [0.05, 0.1) is 27.9 Å². The van der Waals surface area contributed by atoms with Gasteiger partial charge in [0, 0.05) is 27.3 Å². The molecule has 182 valence electrons. The molecule has 0 spiro atoms. The van der Waals surface area contributed by atoms with E-state index >= 15 is 0 Å². The summed E-state index contributed by atoms with van der Waals surface area (Å²) in [6.07, 6.45) is 0. The monoisotopic (exact) mass is 483 g/mol. The summed E-state index contributed by atoms with van der Waals surface area (Å²) in [4.78, 5) is 0. The van der Waals surface area contributed by atoms with Crippen LogP contribution in [0.1, 0.15) is 52.7 Å². The van der Waals surface area contributed by atoms with Gasteiger partial charge in [-0.05, 0) is 67.5 Å². The highest BCUT2D eigenvalue weighted by Crippen LogP contribution is 2.57. The predicted octanol–water partition coefficient (Wildman–Crippen LogP) is 7.37. The van der Waals surface area contributed by atoms with Crippen LogP contribution in [0.4, 0.5) is 0 Å². The van der Waals surface area contributed by atoms with Crippen LogP contribution in [0.5, 0.6) is 0 Å². The molecule has 1 aliphatic carbocycles. The standard InChI is InChI=1S/C33H30BNO2/c1-31(2)23-15-11-14-21-19-12-7-9-16-25(19)35-26-17-10-8-13-20(26)22-18-24(29(31)28(27(21)23)30(22)35)34-36-32(3,4)33(5,6)37-34/h7-18H,1-6H3. The van der Waals surface area contributed by atoms with Crippen molar-refractivity contribution in [2.24, 2.45) is 0 Å². The number of para-hydroxylation sites is 2. The number of fused-ring (bicyclic) bond motifs is 6. The summed E-state index contributed by atoms with van der Waals surface area (Å²) in [6, 6.07) is 26.9. The van der Waals surface area contributed by atoms with E-state index in [1.54, 1.807) is 0 Å². The van der Waals surface area contributed by atoms with E-state index in [2.05, 4.69) is 119 Å². The molecule has 8 rings (SSSR count). The van der Waals surface area contributed by atoms with Gasteiger partial charge in [-0.2, -0.15) is 0 Å². The first-order valence-electron chi connectivity index (χ1n) is 13.3. The van der Waals surface area contributed by atoms with E-state index < -0.39 is 18.3 Å². The fourth-order valence-corrected chi connectivity index (χ4v) is 7.07. The molecule has 0 bridgehead atoms. The third-order valence-electron chi connectivity index (χ3n) is 9.54. The Balaban J connectivity index is 1.61. The van der Waals surface area contributed by atoms with Crippen LogP contribution in [-0.2, 0) is 14.7 Å². The molecule has 3 heterocycles. The first-order chi connectivity index (χ1) is 17.6. The lowest BCUT2D eigenvalue weighted by Crippen LogP contribution is -2.41. The van der Waals surface area contributed by atoms with Gasteiger partial charge in [0.1, 0.15) is 0 Å². The predicted molar refractivity (Wildman–Crippen MR) is 153 cm³/mol. The van der Waals surface area contributed by atoms with Crippen LogP contribution in [0.2, 0.25) is 0 Å². The Bertz CT molecular complexity index is 1810. The highest BCUT2D eigenvalue weighted by Gasteiger charge is 2.54. The van der Waals surface area contributed by atoms with Crippen molar-refractivity contribution in [2.75, 3.05) is 0 Å². The molecule has 0 N–H and O–H groups in total. The first-order valence-corrected chi connectivity index (χ1v) is 13.3. The minimum absolute atomic E-state index is 0.193. The molecule has 0 radical (unpaired) electrons. The highest BCUT2D eigenvalue weighted by atomic mass is 16.7. The molecule has 0 saturated carbocycles. The molecule has 3 aliphatic rings. The molecule has 4 aromatic carbocycles. The molecule has 5 aromatic rings. The van der Waals surface area contributed by atoms with Crippen LogP contribution in [-0.4, -0.2) is 22.9 Å². The average molecular weight is 483 g/mol. The Hall–Kier alpha value is -3.34. The number of nitrogens with zero attached hydrogens (tertiary/aromatic N) is 1. The Morgan fingerprint density at radius 2 is 1.35 bits per heavy atom. The second-order valence-corrected chi connectivity index (χ2v) is 12.4. The quantitative estimate of drug-likeness (QED) is 0.228. The minimum Gasteiger partial charge on any atom is -0.399 e. The second-order valence-electron chi connectivity index (χ2n) is 12.4. The summed E-state index contributed by atoms with van der Waals surface area (Å²) >= 11 is 0. The molecule has 1 fully saturated rings. The second kappa shape index (κ2) is 6.56. The van der Waals surface area contributed by atoms with E-state index in [1.165, 1.54) is 60.9 Å². The molecular formula is C33H30BNO2. The maximum absolute atomic E-state index is 6.71. The van der Waals surface area contributed by atoms with Gasteiger partial charge in [-0.1, -0.05) is 74.5 Å². The van der Waals surface area contributed by atoms with Gasteiger partial charge in [-0.3, -0.25) is 0 Å².